The van der Waals surface area contributed by atoms with Gasteiger partial charge in [0.15, 0.2) is 0 Å². The third-order valence-electron chi connectivity index (χ3n) is 3.46. The molecule has 0 aliphatic carbocycles. The Morgan fingerprint density at radius 3 is 3.00 bits per heavy atom. The number of piperazine rings is 1. The number of nitrogens with one attached hydrogen (secondary N) is 1. The van der Waals surface area contributed by atoms with Crippen LogP contribution in [0.2, 0.25) is 0 Å². The highest BCUT2D eigenvalue weighted by atomic mass is 32.2. The zero-order chi connectivity index (χ0) is 10.7. The Hall–Kier alpha value is 0.270. The maximum atomic E-state index is 3.66. The van der Waals surface area contributed by atoms with Crippen LogP contribution in [0.15, 0.2) is 0 Å². The van der Waals surface area contributed by atoms with Crippen molar-refractivity contribution in [1.82, 2.24) is 10.2 Å². The number of thioether (sulfide) groups is 1. The van der Waals surface area contributed by atoms with Gasteiger partial charge in [-0.3, -0.25) is 4.90 Å². The summed E-state index contributed by atoms with van der Waals surface area (Å²) < 4.78 is 0. The molecule has 3 heteroatoms. The maximum Gasteiger partial charge on any atom is 0.0198 e. The maximum absolute atomic E-state index is 3.66. The van der Waals surface area contributed by atoms with Crippen LogP contribution in [0.5, 0.6) is 0 Å². The van der Waals surface area contributed by atoms with Crippen LogP contribution in [0.1, 0.15) is 26.7 Å². The Morgan fingerprint density at radius 1 is 1.47 bits per heavy atom. The second kappa shape index (κ2) is 5.55. The van der Waals surface area contributed by atoms with Gasteiger partial charge in [-0.1, -0.05) is 13.8 Å². The molecule has 0 amide bonds. The lowest BCUT2D eigenvalue weighted by Crippen LogP contribution is -2.54. The van der Waals surface area contributed by atoms with Gasteiger partial charge in [-0.05, 0) is 24.5 Å². The number of hydrogen-bond donors (Lipinski definition) is 1. The molecule has 2 aliphatic heterocycles. The van der Waals surface area contributed by atoms with Crippen molar-refractivity contribution in [3.63, 3.8) is 0 Å². The van der Waals surface area contributed by atoms with Crippen LogP contribution < -0.4 is 5.32 Å². The van der Waals surface area contributed by atoms with E-state index < -0.39 is 0 Å². The molecule has 2 atom stereocenters. The fourth-order valence-corrected chi connectivity index (χ4v) is 3.97. The summed E-state index contributed by atoms with van der Waals surface area (Å²) in [5.41, 5.74) is 0. The van der Waals surface area contributed by atoms with Crippen LogP contribution in [0.25, 0.3) is 0 Å². The molecule has 0 spiro atoms. The van der Waals surface area contributed by atoms with Gasteiger partial charge in [0.1, 0.15) is 0 Å². The highest BCUT2D eigenvalue weighted by molar-refractivity contribution is 7.99. The molecular formula is C12H24N2S. The van der Waals surface area contributed by atoms with Gasteiger partial charge < -0.3 is 5.32 Å². The molecule has 2 rings (SSSR count). The molecule has 2 saturated heterocycles. The van der Waals surface area contributed by atoms with Crippen LogP contribution in [-0.2, 0) is 0 Å². The van der Waals surface area contributed by atoms with Crippen LogP contribution >= 0.6 is 11.8 Å². The first-order valence-corrected chi connectivity index (χ1v) is 7.46. The number of nitrogens with zero attached hydrogens (tertiary/aromatic N) is 1. The summed E-state index contributed by atoms with van der Waals surface area (Å²) in [5.74, 6) is 3.57. The van der Waals surface area contributed by atoms with Crippen LogP contribution in [0.4, 0.5) is 0 Å². The van der Waals surface area contributed by atoms with Crippen molar-refractivity contribution in [2.75, 3.05) is 31.1 Å². The molecule has 2 fully saturated rings. The van der Waals surface area contributed by atoms with Gasteiger partial charge in [-0.2, -0.15) is 11.8 Å². The predicted octanol–water partition coefficient (Wildman–Crippen LogP) is 1.81. The second-order valence-electron chi connectivity index (χ2n) is 5.29. The molecule has 1 N–H and O–H groups in total. The molecule has 2 heterocycles. The van der Waals surface area contributed by atoms with Gasteiger partial charge in [-0.25, -0.2) is 0 Å². The Bertz CT molecular complexity index is 190. The van der Waals surface area contributed by atoms with Gasteiger partial charge in [0.2, 0.25) is 0 Å². The fourth-order valence-electron chi connectivity index (χ4n) is 2.72. The van der Waals surface area contributed by atoms with E-state index in [9.17, 15) is 0 Å². The molecule has 0 radical (unpaired) electrons. The van der Waals surface area contributed by atoms with Gasteiger partial charge >= 0.3 is 0 Å². The van der Waals surface area contributed by atoms with Crippen LogP contribution in [-0.4, -0.2) is 48.1 Å². The van der Waals surface area contributed by atoms with Gasteiger partial charge in [-0.15, -0.1) is 0 Å². The SMILES string of the molecule is CC(C)CC1CN(C2CCSC2)CCN1. The third-order valence-corrected chi connectivity index (χ3v) is 4.61. The molecule has 2 unspecified atom stereocenters. The Labute approximate surface area is 98.2 Å². The summed E-state index contributed by atoms with van der Waals surface area (Å²) >= 11 is 2.13. The lowest BCUT2D eigenvalue weighted by Gasteiger charge is -2.37. The Morgan fingerprint density at radius 2 is 2.33 bits per heavy atom. The van der Waals surface area contributed by atoms with Crippen molar-refractivity contribution in [2.45, 2.75) is 38.8 Å². The van der Waals surface area contributed by atoms with Crippen molar-refractivity contribution in [3.8, 4) is 0 Å². The molecular weight excluding hydrogens is 204 g/mol. The molecule has 0 saturated carbocycles. The van der Waals surface area contributed by atoms with Gasteiger partial charge in [0.05, 0.1) is 0 Å². The van der Waals surface area contributed by atoms with E-state index in [0.29, 0.717) is 0 Å². The number of rotatable bonds is 3. The van der Waals surface area contributed by atoms with E-state index in [1.165, 1.54) is 44.0 Å². The minimum atomic E-state index is 0.740. The van der Waals surface area contributed by atoms with E-state index in [1.54, 1.807) is 0 Å². The Balaban J connectivity index is 1.80. The summed E-state index contributed by atoms with van der Waals surface area (Å²) in [6.45, 7) is 8.39. The number of hydrogen-bond acceptors (Lipinski definition) is 3. The highest BCUT2D eigenvalue weighted by Gasteiger charge is 2.27. The molecule has 0 bridgehead atoms. The van der Waals surface area contributed by atoms with Crippen LogP contribution in [0, 0.1) is 5.92 Å². The first-order chi connectivity index (χ1) is 7.25. The summed E-state index contributed by atoms with van der Waals surface area (Å²) in [4.78, 5) is 2.73. The van der Waals surface area contributed by atoms with E-state index in [4.69, 9.17) is 0 Å². The molecule has 88 valence electrons. The monoisotopic (exact) mass is 228 g/mol. The van der Waals surface area contributed by atoms with Crippen LogP contribution in [0.3, 0.4) is 0 Å². The van der Waals surface area contributed by atoms with E-state index in [-0.39, 0.29) is 0 Å². The minimum absolute atomic E-state index is 0.740. The van der Waals surface area contributed by atoms with E-state index in [1.807, 2.05) is 0 Å². The largest absolute Gasteiger partial charge is 0.311 e. The van der Waals surface area contributed by atoms with Crippen molar-refractivity contribution in [3.05, 3.63) is 0 Å². The molecule has 0 aromatic rings. The molecule has 0 aromatic heterocycles. The summed E-state index contributed by atoms with van der Waals surface area (Å²) in [7, 11) is 0. The standard InChI is InChI=1S/C12H24N2S/c1-10(2)7-11-8-14(5-4-13-11)12-3-6-15-9-12/h10-13H,3-9H2,1-2H3. The van der Waals surface area contributed by atoms with Crippen molar-refractivity contribution in [2.24, 2.45) is 5.92 Å². The molecule has 2 aliphatic rings. The summed E-state index contributed by atoms with van der Waals surface area (Å²) in [6.07, 6.45) is 2.75. The molecule has 2 nitrogen and oxygen atoms in total. The predicted molar refractivity (Wildman–Crippen MR) is 68.5 cm³/mol. The highest BCUT2D eigenvalue weighted by Crippen LogP contribution is 2.23. The lowest BCUT2D eigenvalue weighted by molar-refractivity contribution is 0.146. The lowest BCUT2D eigenvalue weighted by atomic mass is 10.0. The van der Waals surface area contributed by atoms with Gasteiger partial charge in [0, 0.05) is 37.5 Å². The average Bonchev–Trinajstić information content (AvgIpc) is 2.69. The topological polar surface area (TPSA) is 15.3 Å². The van der Waals surface area contributed by atoms with E-state index >= 15 is 0 Å². The van der Waals surface area contributed by atoms with E-state index in [2.05, 4.69) is 35.8 Å². The summed E-state index contributed by atoms with van der Waals surface area (Å²) in [6, 6.07) is 1.62. The molecule has 15 heavy (non-hydrogen) atoms. The fraction of sp³-hybridized carbons (Fsp3) is 1.00. The normalized spacial score (nSPS) is 33.8. The third kappa shape index (κ3) is 3.36. The quantitative estimate of drug-likeness (QED) is 0.793. The summed E-state index contributed by atoms with van der Waals surface area (Å²) in [5, 5.41) is 3.66. The minimum Gasteiger partial charge on any atom is -0.311 e. The molecule has 0 aromatic carbocycles. The Kier molecular flexibility index (Phi) is 4.35. The average molecular weight is 228 g/mol. The second-order valence-corrected chi connectivity index (χ2v) is 6.44. The van der Waals surface area contributed by atoms with Crippen molar-refractivity contribution in [1.29, 1.82) is 0 Å². The van der Waals surface area contributed by atoms with Gasteiger partial charge in [0.25, 0.3) is 0 Å². The van der Waals surface area contributed by atoms with E-state index in [0.717, 1.165) is 18.0 Å². The zero-order valence-corrected chi connectivity index (χ0v) is 10.9. The van der Waals surface area contributed by atoms with Crippen molar-refractivity contribution < 1.29 is 0 Å². The smallest absolute Gasteiger partial charge is 0.0198 e. The van der Waals surface area contributed by atoms with Crippen molar-refractivity contribution >= 4 is 11.8 Å². The first-order valence-electron chi connectivity index (χ1n) is 6.31. The first kappa shape index (κ1) is 11.7. The zero-order valence-electron chi connectivity index (χ0n) is 10.0.